The van der Waals surface area contributed by atoms with Crippen LogP contribution >= 0.6 is 11.3 Å². The van der Waals surface area contributed by atoms with E-state index in [0.29, 0.717) is 11.1 Å². The summed E-state index contributed by atoms with van der Waals surface area (Å²) in [7, 11) is -4.00. The van der Waals surface area contributed by atoms with Crippen LogP contribution in [0.4, 0.5) is 22.0 Å². The molecule has 182 valence electrons. The van der Waals surface area contributed by atoms with Crippen molar-refractivity contribution in [1.29, 1.82) is 0 Å². The van der Waals surface area contributed by atoms with Crippen LogP contribution in [0.15, 0.2) is 52.9 Å². The second kappa shape index (κ2) is 9.84. The lowest BCUT2D eigenvalue weighted by Crippen LogP contribution is -2.43. The maximum Gasteiger partial charge on any atom is 0.333 e. The van der Waals surface area contributed by atoms with Gasteiger partial charge in [0.25, 0.3) is 15.9 Å². The van der Waals surface area contributed by atoms with Crippen LogP contribution in [-0.4, -0.2) is 37.8 Å². The van der Waals surface area contributed by atoms with Crippen molar-refractivity contribution in [3.8, 4) is 0 Å². The Kier molecular flexibility index (Phi) is 6.85. The molecule has 35 heavy (non-hydrogen) atoms. The second-order valence-electron chi connectivity index (χ2n) is 7.84. The first-order valence-electron chi connectivity index (χ1n) is 10.8. The summed E-state index contributed by atoms with van der Waals surface area (Å²) in [5.74, 6) is -0.800. The molecular weight excluding hydrogens is 490 g/mol. The standard InChI is InChI=1S/C23H23N5O5S2/c1-3-10-24-16-5-7-18-15(11-16)12-20(29)28(22(18)30)19-8-6-17(13-25-19)26-23(31)27-35(32,33)21-9-4-14(2)34-21/h4-9,11,13,24H,3,10,12H2,1-2H3,(H2,26,27,31). The molecule has 0 saturated carbocycles. The summed E-state index contributed by atoms with van der Waals surface area (Å²) in [6, 6.07) is 10.2. The fourth-order valence-corrected chi connectivity index (χ4v) is 5.70. The Labute approximate surface area is 206 Å². The molecule has 0 radical (unpaired) electrons. The Bertz CT molecular complexity index is 1400. The van der Waals surface area contributed by atoms with Crippen molar-refractivity contribution in [1.82, 2.24) is 9.71 Å². The first-order chi connectivity index (χ1) is 16.7. The van der Waals surface area contributed by atoms with Crippen LogP contribution in [0.25, 0.3) is 0 Å². The third-order valence-corrected chi connectivity index (χ3v) is 7.97. The molecule has 0 spiro atoms. The normalized spacial score (nSPS) is 13.4. The van der Waals surface area contributed by atoms with Crippen LogP contribution in [0.3, 0.4) is 0 Å². The van der Waals surface area contributed by atoms with Gasteiger partial charge in [0.1, 0.15) is 10.0 Å². The zero-order valence-electron chi connectivity index (χ0n) is 19.0. The molecule has 0 atom stereocenters. The molecule has 1 aromatic carbocycles. The number of carbonyl (C=O) groups is 3. The minimum absolute atomic E-state index is 0.0225. The first kappa shape index (κ1) is 24.4. The van der Waals surface area contributed by atoms with E-state index in [9.17, 15) is 22.8 Å². The lowest BCUT2D eigenvalue weighted by atomic mass is 9.97. The van der Waals surface area contributed by atoms with E-state index < -0.39 is 27.9 Å². The Hall–Kier alpha value is -3.77. The minimum atomic E-state index is -4.00. The molecule has 4 amide bonds. The maximum atomic E-state index is 13.0. The number of hydrogen-bond donors (Lipinski definition) is 3. The lowest BCUT2D eigenvalue weighted by molar-refractivity contribution is -0.117. The summed E-state index contributed by atoms with van der Waals surface area (Å²) in [6.45, 7) is 4.59. The quantitative estimate of drug-likeness (QED) is 0.411. The molecule has 1 aliphatic rings. The lowest BCUT2D eigenvalue weighted by Gasteiger charge is -2.26. The van der Waals surface area contributed by atoms with Crippen molar-refractivity contribution in [3.63, 3.8) is 0 Å². The molecule has 4 rings (SSSR count). The number of aromatic nitrogens is 1. The molecule has 1 aliphatic heterocycles. The highest BCUT2D eigenvalue weighted by Gasteiger charge is 2.33. The van der Waals surface area contributed by atoms with Crippen LogP contribution in [0.2, 0.25) is 0 Å². The van der Waals surface area contributed by atoms with Crippen LogP contribution in [0.5, 0.6) is 0 Å². The number of anilines is 3. The van der Waals surface area contributed by atoms with E-state index in [1.54, 1.807) is 25.1 Å². The third-order valence-electron chi connectivity index (χ3n) is 5.15. The highest BCUT2D eigenvalue weighted by atomic mass is 32.2. The van der Waals surface area contributed by atoms with Crippen molar-refractivity contribution in [2.24, 2.45) is 0 Å². The van der Waals surface area contributed by atoms with E-state index in [0.717, 1.165) is 39.8 Å². The first-order valence-corrected chi connectivity index (χ1v) is 13.1. The van der Waals surface area contributed by atoms with Gasteiger partial charge in [-0.05, 0) is 61.4 Å². The van der Waals surface area contributed by atoms with Crippen LogP contribution in [0.1, 0.15) is 34.1 Å². The average molecular weight is 514 g/mol. The van der Waals surface area contributed by atoms with Gasteiger partial charge in [0, 0.05) is 22.7 Å². The van der Waals surface area contributed by atoms with E-state index >= 15 is 0 Å². The molecule has 0 unspecified atom stereocenters. The van der Waals surface area contributed by atoms with Crippen molar-refractivity contribution in [2.75, 3.05) is 22.1 Å². The van der Waals surface area contributed by atoms with E-state index in [2.05, 4.69) is 15.6 Å². The number of aryl methyl sites for hydroxylation is 1. The van der Waals surface area contributed by atoms with E-state index in [1.165, 1.54) is 24.4 Å². The van der Waals surface area contributed by atoms with E-state index in [1.807, 2.05) is 17.7 Å². The minimum Gasteiger partial charge on any atom is -0.385 e. The zero-order chi connectivity index (χ0) is 25.2. The molecule has 0 aliphatic carbocycles. The van der Waals surface area contributed by atoms with E-state index in [-0.39, 0.29) is 22.1 Å². The number of amides is 4. The molecular formula is C23H23N5O5S2. The smallest absolute Gasteiger partial charge is 0.333 e. The van der Waals surface area contributed by atoms with Gasteiger partial charge in [0.15, 0.2) is 0 Å². The van der Waals surface area contributed by atoms with Crippen LogP contribution in [0, 0.1) is 6.92 Å². The highest BCUT2D eigenvalue weighted by Crippen LogP contribution is 2.27. The molecule has 0 saturated heterocycles. The highest BCUT2D eigenvalue weighted by molar-refractivity contribution is 7.92. The number of nitrogens with zero attached hydrogens (tertiary/aromatic N) is 2. The van der Waals surface area contributed by atoms with E-state index in [4.69, 9.17) is 0 Å². The number of hydrogen-bond acceptors (Lipinski definition) is 8. The van der Waals surface area contributed by atoms with Gasteiger partial charge >= 0.3 is 6.03 Å². The number of nitrogens with one attached hydrogen (secondary N) is 3. The number of carbonyl (C=O) groups excluding carboxylic acids is 3. The Balaban J connectivity index is 1.45. The number of sulfonamides is 1. The van der Waals surface area contributed by atoms with Gasteiger partial charge in [-0.1, -0.05) is 6.92 Å². The molecule has 2 aromatic heterocycles. The molecule has 0 fully saturated rings. The summed E-state index contributed by atoms with van der Waals surface area (Å²) in [4.78, 5) is 43.9. The van der Waals surface area contributed by atoms with Crippen LogP contribution < -0.4 is 20.3 Å². The number of urea groups is 1. The fourth-order valence-electron chi connectivity index (χ4n) is 3.51. The predicted molar refractivity (Wildman–Crippen MR) is 133 cm³/mol. The van der Waals surface area contributed by atoms with Gasteiger partial charge in [-0.2, -0.15) is 0 Å². The molecule has 10 nitrogen and oxygen atoms in total. The van der Waals surface area contributed by atoms with Crippen molar-refractivity contribution in [3.05, 3.63) is 64.7 Å². The number of rotatable bonds is 7. The van der Waals surface area contributed by atoms with Gasteiger partial charge in [0.2, 0.25) is 5.91 Å². The van der Waals surface area contributed by atoms with Crippen molar-refractivity contribution < 1.29 is 22.8 Å². The van der Waals surface area contributed by atoms with Gasteiger partial charge in [-0.3, -0.25) is 9.59 Å². The summed E-state index contributed by atoms with van der Waals surface area (Å²) in [5, 5.41) is 5.62. The molecule has 12 heteroatoms. The van der Waals surface area contributed by atoms with Crippen molar-refractivity contribution >= 4 is 56.4 Å². The largest absolute Gasteiger partial charge is 0.385 e. The van der Waals surface area contributed by atoms with Crippen molar-refractivity contribution in [2.45, 2.75) is 30.9 Å². The molecule has 3 heterocycles. The average Bonchev–Trinajstić information content (AvgIpc) is 3.25. The van der Waals surface area contributed by atoms with Gasteiger partial charge in [-0.15, -0.1) is 11.3 Å². The van der Waals surface area contributed by atoms with Gasteiger partial charge in [0.05, 0.1) is 18.3 Å². The third kappa shape index (κ3) is 5.33. The number of pyridine rings is 1. The van der Waals surface area contributed by atoms with Crippen LogP contribution in [-0.2, 0) is 21.2 Å². The monoisotopic (exact) mass is 513 g/mol. The summed E-state index contributed by atoms with van der Waals surface area (Å²) >= 11 is 1.04. The Morgan fingerprint density at radius 2 is 1.89 bits per heavy atom. The maximum absolute atomic E-state index is 13.0. The Morgan fingerprint density at radius 1 is 1.11 bits per heavy atom. The SMILES string of the molecule is CCCNc1ccc2c(c1)CC(=O)N(c1ccc(NC(=O)NS(=O)(=O)c3ccc(C)s3)cn1)C2=O. The number of benzene rings is 1. The zero-order valence-corrected chi connectivity index (χ0v) is 20.6. The second-order valence-corrected chi connectivity index (χ2v) is 11.0. The topological polar surface area (TPSA) is 138 Å². The number of fused-ring (bicyclic) bond motifs is 1. The number of imide groups is 1. The number of thiophene rings is 1. The summed E-state index contributed by atoms with van der Waals surface area (Å²) < 4.78 is 26.5. The summed E-state index contributed by atoms with van der Waals surface area (Å²) in [6.07, 6.45) is 2.24. The summed E-state index contributed by atoms with van der Waals surface area (Å²) in [5.41, 5.74) is 2.11. The molecule has 3 aromatic rings. The molecule has 3 N–H and O–H groups in total. The van der Waals surface area contributed by atoms with Gasteiger partial charge < -0.3 is 10.6 Å². The molecule has 0 bridgehead atoms. The fraction of sp³-hybridized carbons (Fsp3) is 0.217. The predicted octanol–water partition coefficient (Wildman–Crippen LogP) is 3.51. The Morgan fingerprint density at radius 3 is 2.54 bits per heavy atom. The van der Waals surface area contributed by atoms with Gasteiger partial charge in [-0.25, -0.2) is 27.8 Å².